The summed E-state index contributed by atoms with van der Waals surface area (Å²) >= 11 is 0. The van der Waals surface area contributed by atoms with Gasteiger partial charge in [-0.2, -0.15) is 0 Å². The van der Waals surface area contributed by atoms with Crippen LogP contribution in [0.4, 0.5) is 0 Å². The van der Waals surface area contributed by atoms with Crippen molar-refractivity contribution >= 4 is 11.0 Å². The van der Waals surface area contributed by atoms with Crippen LogP contribution in [0.2, 0.25) is 0 Å². The number of nitrogens with zero attached hydrogens (tertiary/aromatic N) is 5. The van der Waals surface area contributed by atoms with Crippen molar-refractivity contribution in [2.45, 2.75) is 6.92 Å². The van der Waals surface area contributed by atoms with Gasteiger partial charge in [0.05, 0.1) is 11.9 Å². The molecule has 0 N–H and O–H groups in total. The summed E-state index contributed by atoms with van der Waals surface area (Å²) in [6, 6.07) is 14.4. The molecular formula is C17H15N5. The lowest BCUT2D eigenvalue weighted by Crippen LogP contribution is -1.98. The predicted molar refractivity (Wildman–Crippen MR) is 85.8 cm³/mol. The summed E-state index contributed by atoms with van der Waals surface area (Å²) in [5.41, 5.74) is 5.03. The largest absolute Gasteiger partial charge is 0.301 e. The van der Waals surface area contributed by atoms with E-state index in [-0.39, 0.29) is 0 Å². The van der Waals surface area contributed by atoms with Crippen LogP contribution in [0.1, 0.15) is 5.56 Å². The van der Waals surface area contributed by atoms with Gasteiger partial charge in [-0.15, -0.1) is 5.10 Å². The molecule has 22 heavy (non-hydrogen) atoms. The van der Waals surface area contributed by atoms with Crippen LogP contribution in [0.25, 0.3) is 28.1 Å². The van der Waals surface area contributed by atoms with E-state index in [0.29, 0.717) is 0 Å². The van der Waals surface area contributed by atoms with Crippen molar-refractivity contribution in [2.75, 3.05) is 0 Å². The zero-order chi connectivity index (χ0) is 15.1. The van der Waals surface area contributed by atoms with E-state index in [1.807, 2.05) is 31.3 Å². The zero-order valence-electron chi connectivity index (χ0n) is 12.4. The maximum absolute atomic E-state index is 4.84. The topological polar surface area (TPSA) is 48.5 Å². The molecule has 0 aliphatic heterocycles. The second-order valence-electron chi connectivity index (χ2n) is 5.33. The molecule has 108 valence electrons. The van der Waals surface area contributed by atoms with Crippen LogP contribution in [0.3, 0.4) is 0 Å². The van der Waals surface area contributed by atoms with Gasteiger partial charge in [-0.25, -0.2) is 9.67 Å². The van der Waals surface area contributed by atoms with E-state index in [2.05, 4.69) is 46.2 Å². The third-order valence-electron chi connectivity index (χ3n) is 3.86. The van der Waals surface area contributed by atoms with Crippen molar-refractivity contribution in [3.8, 4) is 17.1 Å². The molecule has 4 aromatic rings. The number of hydrogen-bond donors (Lipinski definition) is 0. The van der Waals surface area contributed by atoms with Crippen molar-refractivity contribution in [3.63, 3.8) is 0 Å². The molecule has 4 rings (SSSR count). The molecule has 0 spiro atoms. The highest BCUT2D eigenvalue weighted by Crippen LogP contribution is 2.26. The highest BCUT2D eigenvalue weighted by atomic mass is 15.4. The van der Waals surface area contributed by atoms with Crippen LogP contribution in [-0.2, 0) is 7.05 Å². The smallest absolute Gasteiger partial charge is 0.145 e. The molecule has 5 heteroatoms. The minimum absolute atomic E-state index is 0.871. The lowest BCUT2D eigenvalue weighted by molar-refractivity contribution is 0.719. The van der Waals surface area contributed by atoms with Gasteiger partial charge in [0.1, 0.15) is 11.3 Å². The van der Waals surface area contributed by atoms with E-state index in [1.54, 1.807) is 10.9 Å². The van der Waals surface area contributed by atoms with Gasteiger partial charge in [-0.05, 0) is 36.8 Å². The Morgan fingerprint density at radius 2 is 1.82 bits per heavy atom. The van der Waals surface area contributed by atoms with Crippen LogP contribution in [0.15, 0.2) is 54.9 Å². The third kappa shape index (κ3) is 1.90. The number of pyridine rings is 1. The van der Waals surface area contributed by atoms with Crippen LogP contribution in [0.5, 0.6) is 0 Å². The molecule has 0 atom stereocenters. The Hall–Kier alpha value is -2.95. The van der Waals surface area contributed by atoms with Gasteiger partial charge in [-0.3, -0.25) is 0 Å². The fourth-order valence-corrected chi connectivity index (χ4v) is 2.71. The number of aryl methyl sites for hydroxylation is 2. The maximum Gasteiger partial charge on any atom is 0.145 e. The summed E-state index contributed by atoms with van der Waals surface area (Å²) in [6.07, 6.45) is 3.86. The second kappa shape index (κ2) is 4.80. The first kappa shape index (κ1) is 12.8. The predicted octanol–water partition coefficient (Wildman–Crippen LogP) is 3.13. The zero-order valence-corrected chi connectivity index (χ0v) is 12.4. The minimum Gasteiger partial charge on any atom is -0.301 e. The highest BCUT2D eigenvalue weighted by Gasteiger charge is 2.12. The van der Waals surface area contributed by atoms with Crippen molar-refractivity contribution in [3.05, 3.63) is 60.4 Å². The maximum atomic E-state index is 4.84. The van der Waals surface area contributed by atoms with E-state index in [9.17, 15) is 0 Å². The molecule has 0 saturated heterocycles. The van der Waals surface area contributed by atoms with Gasteiger partial charge in [0.15, 0.2) is 0 Å². The lowest BCUT2D eigenvalue weighted by Gasteiger charge is -2.06. The first-order chi connectivity index (χ1) is 10.7. The average molecular weight is 289 g/mol. The monoisotopic (exact) mass is 289 g/mol. The summed E-state index contributed by atoms with van der Waals surface area (Å²) in [5.74, 6) is 0. The van der Waals surface area contributed by atoms with Crippen LogP contribution >= 0.6 is 0 Å². The number of benzene rings is 1. The van der Waals surface area contributed by atoms with Gasteiger partial charge in [0.2, 0.25) is 0 Å². The number of rotatable bonds is 2. The van der Waals surface area contributed by atoms with Crippen molar-refractivity contribution in [1.29, 1.82) is 0 Å². The Morgan fingerprint density at radius 3 is 2.55 bits per heavy atom. The van der Waals surface area contributed by atoms with Gasteiger partial charge in [0, 0.05) is 24.3 Å². The first-order valence-electron chi connectivity index (χ1n) is 7.13. The van der Waals surface area contributed by atoms with Gasteiger partial charge in [-0.1, -0.05) is 23.4 Å². The molecule has 3 aromatic heterocycles. The van der Waals surface area contributed by atoms with E-state index in [1.165, 1.54) is 5.56 Å². The lowest BCUT2D eigenvalue weighted by atomic mass is 10.2. The Kier molecular flexibility index (Phi) is 2.79. The van der Waals surface area contributed by atoms with E-state index in [0.717, 1.165) is 28.1 Å². The standard InChI is InChI=1S/C17H15N5/c1-12-11-22(13-6-4-3-5-7-13)17-14(12)8-9-15(19-17)16-10-18-20-21(16)2/h3-11H,1-2H3. The Bertz CT molecular complexity index is 950. The first-order valence-corrected chi connectivity index (χ1v) is 7.13. The molecule has 0 aliphatic rings. The Morgan fingerprint density at radius 1 is 1.00 bits per heavy atom. The molecule has 0 radical (unpaired) electrons. The van der Waals surface area contributed by atoms with Crippen LogP contribution < -0.4 is 0 Å². The highest BCUT2D eigenvalue weighted by molar-refractivity contribution is 5.84. The molecule has 5 nitrogen and oxygen atoms in total. The molecule has 1 aromatic carbocycles. The van der Waals surface area contributed by atoms with Crippen LogP contribution in [0, 0.1) is 6.92 Å². The number of para-hydroxylation sites is 1. The van der Waals surface area contributed by atoms with Crippen molar-refractivity contribution in [1.82, 2.24) is 24.5 Å². The molecule has 0 saturated carbocycles. The average Bonchev–Trinajstić information content (AvgIpc) is 3.12. The molecule has 0 unspecified atom stereocenters. The Labute approximate surface area is 127 Å². The van der Waals surface area contributed by atoms with Gasteiger partial charge in [0.25, 0.3) is 0 Å². The SMILES string of the molecule is Cc1cn(-c2ccccc2)c2nc(-c3cnnn3C)ccc12. The van der Waals surface area contributed by atoms with E-state index < -0.39 is 0 Å². The normalized spacial score (nSPS) is 11.2. The van der Waals surface area contributed by atoms with E-state index in [4.69, 9.17) is 4.98 Å². The molecule has 0 fully saturated rings. The second-order valence-corrected chi connectivity index (χ2v) is 5.33. The number of fused-ring (bicyclic) bond motifs is 1. The number of hydrogen-bond acceptors (Lipinski definition) is 3. The summed E-state index contributed by atoms with van der Waals surface area (Å²) in [7, 11) is 1.87. The molecular weight excluding hydrogens is 274 g/mol. The molecule has 0 amide bonds. The van der Waals surface area contributed by atoms with Crippen LogP contribution in [-0.4, -0.2) is 24.5 Å². The van der Waals surface area contributed by atoms with Gasteiger partial charge >= 0.3 is 0 Å². The quantitative estimate of drug-likeness (QED) is 0.569. The van der Waals surface area contributed by atoms with Crippen molar-refractivity contribution in [2.24, 2.45) is 7.05 Å². The number of aromatic nitrogens is 5. The summed E-state index contributed by atoms with van der Waals surface area (Å²) in [5, 5.41) is 9.06. The minimum atomic E-state index is 0.871. The summed E-state index contributed by atoms with van der Waals surface area (Å²) in [4.78, 5) is 4.84. The fraction of sp³-hybridized carbons (Fsp3) is 0.118. The molecule has 3 heterocycles. The van der Waals surface area contributed by atoms with Gasteiger partial charge < -0.3 is 4.57 Å². The van der Waals surface area contributed by atoms with E-state index >= 15 is 0 Å². The summed E-state index contributed by atoms with van der Waals surface area (Å²) in [6.45, 7) is 2.11. The molecule has 0 aliphatic carbocycles. The summed E-state index contributed by atoms with van der Waals surface area (Å²) < 4.78 is 3.86. The Balaban J connectivity index is 1.97. The fourth-order valence-electron chi connectivity index (χ4n) is 2.71. The third-order valence-corrected chi connectivity index (χ3v) is 3.86. The van der Waals surface area contributed by atoms with Crippen molar-refractivity contribution < 1.29 is 0 Å². The molecule has 0 bridgehead atoms.